The number of benzene rings is 3. The second-order valence-electron chi connectivity index (χ2n) is 6.23. The van der Waals surface area contributed by atoms with Crippen LogP contribution in [0.5, 0.6) is 5.75 Å². The summed E-state index contributed by atoms with van der Waals surface area (Å²) >= 11 is 0. The Bertz CT molecular complexity index is 851. The molecule has 4 heteroatoms. The third kappa shape index (κ3) is 4.29. The van der Waals surface area contributed by atoms with Gasteiger partial charge in [0, 0.05) is 26.1 Å². The summed E-state index contributed by atoms with van der Waals surface area (Å²) in [5.41, 5.74) is 2.24. The zero-order chi connectivity index (χ0) is 17.7. The second-order valence-corrected chi connectivity index (χ2v) is 6.23. The summed E-state index contributed by atoms with van der Waals surface area (Å²) in [6, 6.07) is 22.3. The van der Waals surface area contributed by atoms with Crippen LogP contribution in [0.3, 0.4) is 0 Å². The maximum Gasteiger partial charge on any atom is 0.296 e. The largest absolute Gasteiger partial charge is 0.453 e. The maximum atomic E-state index is 10.5. The standard InChI is InChI=1S/C21H21NO3/c1-21(2,24-15-23)25-19-12-10-18(11-13-19)22-14-17-8-5-7-16-6-3-4-9-20(16)17/h3-13,15,22H,14H2,1-2H3. The molecule has 0 unspecified atom stereocenters. The Morgan fingerprint density at radius 2 is 1.68 bits per heavy atom. The van der Waals surface area contributed by atoms with E-state index >= 15 is 0 Å². The van der Waals surface area contributed by atoms with Crippen LogP contribution in [-0.4, -0.2) is 12.3 Å². The highest BCUT2D eigenvalue weighted by Gasteiger charge is 2.20. The molecule has 3 rings (SSSR count). The van der Waals surface area contributed by atoms with Crippen LogP contribution in [0.1, 0.15) is 19.4 Å². The van der Waals surface area contributed by atoms with Gasteiger partial charge in [0.05, 0.1) is 0 Å². The molecule has 0 heterocycles. The molecule has 0 atom stereocenters. The molecule has 0 spiro atoms. The van der Waals surface area contributed by atoms with Crippen molar-refractivity contribution in [2.24, 2.45) is 0 Å². The van der Waals surface area contributed by atoms with Gasteiger partial charge < -0.3 is 14.8 Å². The first kappa shape index (κ1) is 16.8. The molecule has 0 aliphatic rings. The minimum atomic E-state index is -0.986. The van der Waals surface area contributed by atoms with E-state index in [4.69, 9.17) is 9.47 Å². The molecule has 0 aliphatic heterocycles. The second kappa shape index (κ2) is 7.26. The summed E-state index contributed by atoms with van der Waals surface area (Å²) in [7, 11) is 0. The quantitative estimate of drug-likeness (QED) is 0.500. The number of ether oxygens (including phenoxy) is 2. The Morgan fingerprint density at radius 3 is 2.44 bits per heavy atom. The molecule has 0 bridgehead atoms. The Morgan fingerprint density at radius 1 is 0.960 bits per heavy atom. The van der Waals surface area contributed by atoms with Crippen LogP contribution in [0.15, 0.2) is 66.7 Å². The molecule has 25 heavy (non-hydrogen) atoms. The normalized spacial score (nSPS) is 11.1. The first-order chi connectivity index (χ1) is 12.1. The fourth-order valence-electron chi connectivity index (χ4n) is 2.71. The summed E-state index contributed by atoms with van der Waals surface area (Å²) < 4.78 is 10.5. The van der Waals surface area contributed by atoms with E-state index in [1.807, 2.05) is 30.3 Å². The molecular weight excluding hydrogens is 314 g/mol. The molecule has 0 aromatic heterocycles. The number of nitrogens with one attached hydrogen (secondary N) is 1. The minimum absolute atomic E-state index is 0.389. The van der Waals surface area contributed by atoms with Gasteiger partial charge in [0.25, 0.3) is 6.47 Å². The SMILES string of the molecule is CC(C)(OC=O)Oc1ccc(NCc2cccc3ccccc23)cc1. The van der Waals surface area contributed by atoms with Crippen molar-refractivity contribution in [3.8, 4) is 5.75 Å². The predicted octanol–water partition coefficient (Wildman–Crippen LogP) is 4.74. The Kier molecular flexibility index (Phi) is 4.89. The van der Waals surface area contributed by atoms with E-state index in [0.29, 0.717) is 12.2 Å². The van der Waals surface area contributed by atoms with Gasteiger partial charge in [0.1, 0.15) is 5.75 Å². The van der Waals surface area contributed by atoms with Crippen molar-refractivity contribution in [3.05, 3.63) is 72.3 Å². The van der Waals surface area contributed by atoms with Crippen molar-refractivity contribution in [1.29, 1.82) is 0 Å². The predicted molar refractivity (Wildman–Crippen MR) is 99.6 cm³/mol. The van der Waals surface area contributed by atoms with Crippen molar-refractivity contribution in [1.82, 2.24) is 0 Å². The zero-order valence-electron chi connectivity index (χ0n) is 14.4. The number of fused-ring (bicyclic) bond motifs is 1. The van der Waals surface area contributed by atoms with Crippen LogP contribution in [0.4, 0.5) is 5.69 Å². The fraction of sp³-hybridized carbons (Fsp3) is 0.190. The lowest BCUT2D eigenvalue weighted by molar-refractivity contribution is -0.170. The molecule has 0 saturated heterocycles. The number of carbonyl (C=O) groups is 1. The Labute approximate surface area is 147 Å². The van der Waals surface area contributed by atoms with Crippen LogP contribution < -0.4 is 10.1 Å². The van der Waals surface area contributed by atoms with E-state index < -0.39 is 5.79 Å². The Hall–Kier alpha value is -3.01. The molecule has 0 saturated carbocycles. The highest BCUT2D eigenvalue weighted by Crippen LogP contribution is 2.23. The summed E-state index contributed by atoms with van der Waals surface area (Å²) in [5, 5.41) is 5.92. The molecule has 128 valence electrons. The van der Waals surface area contributed by atoms with Crippen LogP contribution in [0.25, 0.3) is 10.8 Å². The van der Waals surface area contributed by atoms with Gasteiger partial charge in [0.2, 0.25) is 5.79 Å². The van der Waals surface area contributed by atoms with Crippen molar-refractivity contribution >= 4 is 22.9 Å². The van der Waals surface area contributed by atoms with Crippen LogP contribution >= 0.6 is 0 Å². The molecule has 0 amide bonds. The zero-order valence-corrected chi connectivity index (χ0v) is 14.4. The van der Waals surface area contributed by atoms with Gasteiger partial charge in [-0.2, -0.15) is 0 Å². The van der Waals surface area contributed by atoms with Crippen molar-refractivity contribution in [2.45, 2.75) is 26.2 Å². The first-order valence-corrected chi connectivity index (χ1v) is 8.18. The van der Waals surface area contributed by atoms with Gasteiger partial charge in [-0.25, -0.2) is 0 Å². The maximum absolute atomic E-state index is 10.5. The molecule has 1 N–H and O–H groups in total. The molecule has 3 aromatic rings. The number of hydrogen-bond donors (Lipinski definition) is 1. The smallest absolute Gasteiger partial charge is 0.296 e. The van der Waals surface area contributed by atoms with Gasteiger partial charge in [-0.3, -0.25) is 4.79 Å². The van der Waals surface area contributed by atoms with E-state index in [-0.39, 0.29) is 0 Å². The fourth-order valence-corrected chi connectivity index (χ4v) is 2.71. The molecule has 3 aromatic carbocycles. The number of hydrogen-bond acceptors (Lipinski definition) is 4. The van der Waals surface area contributed by atoms with Crippen LogP contribution in [0, 0.1) is 0 Å². The van der Waals surface area contributed by atoms with Gasteiger partial charge in [-0.05, 0) is 40.6 Å². The van der Waals surface area contributed by atoms with Gasteiger partial charge in [-0.15, -0.1) is 0 Å². The molecule has 0 fully saturated rings. The summed E-state index contributed by atoms with van der Waals surface area (Å²) in [4.78, 5) is 10.5. The van der Waals surface area contributed by atoms with Gasteiger partial charge >= 0.3 is 0 Å². The number of rotatable bonds is 7. The summed E-state index contributed by atoms with van der Waals surface area (Å²) in [6.45, 7) is 4.50. The molecule has 4 nitrogen and oxygen atoms in total. The van der Waals surface area contributed by atoms with E-state index in [0.717, 1.165) is 12.2 Å². The van der Waals surface area contributed by atoms with Gasteiger partial charge in [0.15, 0.2) is 0 Å². The van der Waals surface area contributed by atoms with Crippen molar-refractivity contribution in [2.75, 3.05) is 5.32 Å². The lowest BCUT2D eigenvalue weighted by Gasteiger charge is -2.24. The van der Waals surface area contributed by atoms with E-state index in [1.165, 1.54) is 16.3 Å². The Balaban J connectivity index is 1.66. The monoisotopic (exact) mass is 335 g/mol. The molecular formula is C21H21NO3. The third-order valence-electron chi connectivity index (χ3n) is 3.91. The van der Waals surface area contributed by atoms with Gasteiger partial charge in [-0.1, -0.05) is 42.5 Å². The average molecular weight is 335 g/mol. The minimum Gasteiger partial charge on any atom is -0.453 e. The number of carbonyl (C=O) groups excluding carboxylic acids is 1. The summed E-state index contributed by atoms with van der Waals surface area (Å²) in [6.07, 6.45) is 0. The molecule has 0 radical (unpaired) electrons. The van der Waals surface area contributed by atoms with E-state index in [9.17, 15) is 4.79 Å². The molecule has 0 aliphatic carbocycles. The average Bonchev–Trinajstić information content (AvgIpc) is 2.61. The number of anilines is 1. The van der Waals surface area contributed by atoms with Crippen molar-refractivity contribution < 1.29 is 14.3 Å². The highest BCUT2D eigenvalue weighted by atomic mass is 16.7. The van der Waals surface area contributed by atoms with Crippen LogP contribution in [-0.2, 0) is 16.1 Å². The highest BCUT2D eigenvalue weighted by molar-refractivity contribution is 5.85. The van der Waals surface area contributed by atoms with Crippen molar-refractivity contribution in [3.63, 3.8) is 0 Å². The lowest BCUT2D eigenvalue weighted by Crippen LogP contribution is -2.31. The summed E-state index contributed by atoms with van der Waals surface area (Å²) in [5.74, 6) is -0.345. The van der Waals surface area contributed by atoms with E-state index in [1.54, 1.807) is 13.8 Å². The topological polar surface area (TPSA) is 47.6 Å². The first-order valence-electron chi connectivity index (χ1n) is 8.18. The van der Waals surface area contributed by atoms with E-state index in [2.05, 4.69) is 41.7 Å². The van der Waals surface area contributed by atoms with Crippen LogP contribution in [0.2, 0.25) is 0 Å². The lowest BCUT2D eigenvalue weighted by atomic mass is 10.0. The third-order valence-corrected chi connectivity index (χ3v) is 3.91.